The van der Waals surface area contributed by atoms with Gasteiger partial charge in [-0.1, -0.05) is 63.0 Å². The fraction of sp³-hybridized carbons (Fsp3) is 0.476. The lowest BCUT2D eigenvalue weighted by atomic mass is 10.1. The second-order valence-electron chi connectivity index (χ2n) is 5.82. The molecule has 3 nitrogen and oxygen atoms in total. The monoisotopic (exact) mass is 326 g/mol. The number of carboxylic acid groups (broad SMARTS) is 1. The van der Waals surface area contributed by atoms with E-state index in [9.17, 15) is 9.90 Å². The van der Waals surface area contributed by atoms with Gasteiger partial charge in [0.25, 0.3) is 0 Å². The van der Waals surface area contributed by atoms with Gasteiger partial charge in [-0.2, -0.15) is 0 Å². The fourth-order valence-corrected chi connectivity index (χ4v) is 2.24. The standard InChI is InChI=1S/C21H26O3/c1-2-3-4-5-6-7-8-9-10-11-12-18-13-15-19(16-14-18)17-20(22)21(23)24/h13-16,20,22H,2-8,17H2,1H3,(H,23,24). The van der Waals surface area contributed by atoms with Crippen LogP contribution in [0, 0.1) is 23.7 Å². The fourth-order valence-electron chi connectivity index (χ4n) is 2.24. The van der Waals surface area contributed by atoms with Crippen LogP contribution in [0.1, 0.15) is 63.0 Å². The minimum Gasteiger partial charge on any atom is -0.479 e. The molecule has 3 heteroatoms. The number of aliphatic carboxylic acids is 1. The maximum atomic E-state index is 10.6. The predicted molar refractivity (Wildman–Crippen MR) is 96.4 cm³/mol. The summed E-state index contributed by atoms with van der Waals surface area (Å²) in [6, 6.07) is 7.18. The molecular formula is C21H26O3. The molecule has 0 fully saturated rings. The Balaban J connectivity index is 2.31. The van der Waals surface area contributed by atoms with Crippen LogP contribution in [0.15, 0.2) is 24.3 Å². The molecule has 128 valence electrons. The lowest BCUT2D eigenvalue weighted by molar-refractivity contribution is -0.146. The lowest BCUT2D eigenvalue weighted by Crippen LogP contribution is -2.21. The zero-order valence-corrected chi connectivity index (χ0v) is 14.3. The molecule has 1 unspecified atom stereocenters. The number of unbranched alkanes of at least 4 members (excludes halogenated alkanes) is 6. The molecule has 0 spiro atoms. The number of aliphatic hydroxyl groups is 1. The summed E-state index contributed by atoms with van der Waals surface area (Å²) in [6.45, 7) is 2.22. The van der Waals surface area contributed by atoms with Gasteiger partial charge >= 0.3 is 5.97 Å². The van der Waals surface area contributed by atoms with Crippen LogP contribution < -0.4 is 0 Å². The van der Waals surface area contributed by atoms with Crippen LogP contribution in [0.2, 0.25) is 0 Å². The Labute approximate surface area is 145 Å². The summed E-state index contributed by atoms with van der Waals surface area (Å²) in [6.07, 6.45) is 7.23. The second kappa shape index (κ2) is 12.2. The number of benzene rings is 1. The van der Waals surface area contributed by atoms with Crippen molar-refractivity contribution in [2.24, 2.45) is 0 Å². The van der Waals surface area contributed by atoms with Crippen LogP contribution in [0.5, 0.6) is 0 Å². The molecule has 0 aliphatic carbocycles. The Hall–Kier alpha value is -2.23. The van der Waals surface area contributed by atoms with E-state index in [1.807, 2.05) is 12.1 Å². The molecule has 1 atom stereocenters. The highest BCUT2D eigenvalue weighted by molar-refractivity contribution is 5.72. The Kier molecular flexibility index (Phi) is 10.1. The van der Waals surface area contributed by atoms with Crippen molar-refractivity contribution < 1.29 is 15.0 Å². The number of hydrogen-bond acceptors (Lipinski definition) is 2. The van der Waals surface area contributed by atoms with Crippen molar-refractivity contribution in [3.05, 3.63) is 35.4 Å². The molecule has 0 saturated carbocycles. The van der Waals surface area contributed by atoms with Gasteiger partial charge in [0.05, 0.1) is 0 Å². The minimum atomic E-state index is -1.37. The van der Waals surface area contributed by atoms with Gasteiger partial charge in [0.2, 0.25) is 0 Å². The Morgan fingerprint density at radius 2 is 1.71 bits per heavy atom. The largest absolute Gasteiger partial charge is 0.479 e. The maximum absolute atomic E-state index is 10.6. The molecular weight excluding hydrogens is 300 g/mol. The van der Waals surface area contributed by atoms with Crippen LogP contribution in [-0.4, -0.2) is 22.3 Å². The van der Waals surface area contributed by atoms with Gasteiger partial charge in [-0.25, -0.2) is 4.79 Å². The van der Waals surface area contributed by atoms with Gasteiger partial charge in [0.15, 0.2) is 6.10 Å². The number of rotatable bonds is 9. The van der Waals surface area contributed by atoms with E-state index in [1.165, 1.54) is 32.1 Å². The summed E-state index contributed by atoms with van der Waals surface area (Å²) in [5, 5.41) is 18.0. The summed E-state index contributed by atoms with van der Waals surface area (Å²) in [5.41, 5.74) is 1.60. The first-order valence-electron chi connectivity index (χ1n) is 8.62. The minimum absolute atomic E-state index is 0.0983. The van der Waals surface area contributed by atoms with Crippen LogP contribution >= 0.6 is 0 Å². The van der Waals surface area contributed by atoms with E-state index in [0.29, 0.717) is 0 Å². The lowest BCUT2D eigenvalue weighted by Gasteiger charge is -2.04. The average molecular weight is 326 g/mol. The zero-order valence-electron chi connectivity index (χ0n) is 14.3. The molecule has 0 aliphatic rings. The SMILES string of the molecule is CCCCCCCCC#CC#Cc1ccc(CC(O)C(=O)O)cc1. The third-order valence-corrected chi connectivity index (χ3v) is 3.68. The Morgan fingerprint density at radius 3 is 2.38 bits per heavy atom. The van der Waals surface area contributed by atoms with E-state index < -0.39 is 12.1 Å². The van der Waals surface area contributed by atoms with Gasteiger partial charge in [0, 0.05) is 18.4 Å². The summed E-state index contributed by atoms with van der Waals surface area (Å²) in [5.74, 6) is 10.5. The van der Waals surface area contributed by atoms with Crippen molar-refractivity contribution in [3.63, 3.8) is 0 Å². The third kappa shape index (κ3) is 9.03. The van der Waals surface area contributed by atoms with Crippen LogP contribution in [0.4, 0.5) is 0 Å². The predicted octanol–water partition coefficient (Wildman–Crippen LogP) is 3.78. The highest BCUT2D eigenvalue weighted by Crippen LogP contribution is 2.07. The van der Waals surface area contributed by atoms with E-state index in [-0.39, 0.29) is 6.42 Å². The molecule has 1 aromatic carbocycles. The van der Waals surface area contributed by atoms with Crippen molar-refractivity contribution >= 4 is 5.97 Å². The zero-order chi connectivity index (χ0) is 17.6. The number of hydrogen-bond donors (Lipinski definition) is 2. The van der Waals surface area contributed by atoms with Gasteiger partial charge < -0.3 is 10.2 Å². The second-order valence-corrected chi connectivity index (χ2v) is 5.82. The molecule has 0 bridgehead atoms. The molecule has 1 aromatic rings. The van der Waals surface area contributed by atoms with Gasteiger partial charge in [-0.3, -0.25) is 0 Å². The first-order valence-corrected chi connectivity index (χ1v) is 8.62. The van der Waals surface area contributed by atoms with Crippen molar-refractivity contribution in [1.29, 1.82) is 0 Å². The number of aliphatic hydroxyl groups excluding tert-OH is 1. The molecule has 0 heterocycles. The first kappa shape index (κ1) is 19.8. The third-order valence-electron chi connectivity index (χ3n) is 3.68. The Morgan fingerprint density at radius 1 is 1.04 bits per heavy atom. The van der Waals surface area contributed by atoms with Gasteiger partial charge in [-0.05, 0) is 36.0 Å². The smallest absolute Gasteiger partial charge is 0.332 e. The van der Waals surface area contributed by atoms with Crippen molar-refractivity contribution in [3.8, 4) is 23.7 Å². The maximum Gasteiger partial charge on any atom is 0.332 e. The van der Waals surface area contributed by atoms with Crippen molar-refractivity contribution in [2.45, 2.75) is 64.4 Å². The summed E-state index contributed by atoms with van der Waals surface area (Å²) in [7, 11) is 0. The molecule has 0 saturated heterocycles. The molecule has 0 aliphatic heterocycles. The number of carbonyl (C=O) groups is 1. The normalized spacial score (nSPS) is 10.9. The van der Waals surface area contributed by atoms with E-state index in [4.69, 9.17) is 5.11 Å². The summed E-state index contributed by atoms with van der Waals surface area (Å²) < 4.78 is 0. The summed E-state index contributed by atoms with van der Waals surface area (Å²) >= 11 is 0. The van der Waals surface area contributed by atoms with E-state index in [0.717, 1.165) is 24.0 Å². The van der Waals surface area contributed by atoms with Crippen LogP contribution in [0.25, 0.3) is 0 Å². The van der Waals surface area contributed by atoms with E-state index >= 15 is 0 Å². The quantitative estimate of drug-likeness (QED) is 0.536. The highest BCUT2D eigenvalue weighted by Gasteiger charge is 2.13. The molecule has 0 aromatic heterocycles. The van der Waals surface area contributed by atoms with Gasteiger partial charge in [-0.15, -0.1) is 0 Å². The summed E-state index contributed by atoms with van der Waals surface area (Å²) in [4.78, 5) is 10.6. The van der Waals surface area contributed by atoms with Crippen molar-refractivity contribution in [1.82, 2.24) is 0 Å². The first-order chi connectivity index (χ1) is 11.6. The van der Waals surface area contributed by atoms with Gasteiger partial charge in [0.1, 0.15) is 0 Å². The molecule has 0 amide bonds. The van der Waals surface area contributed by atoms with Crippen LogP contribution in [0.3, 0.4) is 0 Å². The Bertz CT molecular complexity index is 608. The van der Waals surface area contributed by atoms with E-state index in [2.05, 4.69) is 30.6 Å². The average Bonchev–Trinajstić information content (AvgIpc) is 2.58. The molecule has 24 heavy (non-hydrogen) atoms. The molecule has 1 rings (SSSR count). The number of carboxylic acids is 1. The molecule has 0 radical (unpaired) electrons. The highest BCUT2D eigenvalue weighted by atomic mass is 16.4. The topological polar surface area (TPSA) is 57.5 Å². The van der Waals surface area contributed by atoms with Crippen LogP contribution in [-0.2, 0) is 11.2 Å². The molecule has 2 N–H and O–H groups in total. The van der Waals surface area contributed by atoms with Crippen molar-refractivity contribution in [2.75, 3.05) is 0 Å². The van der Waals surface area contributed by atoms with E-state index in [1.54, 1.807) is 12.1 Å².